The van der Waals surface area contributed by atoms with Gasteiger partial charge < -0.3 is 14.7 Å². The number of likely N-dealkylation sites (N-methyl/N-ethyl adjacent to an activating group) is 1. The van der Waals surface area contributed by atoms with Crippen LogP contribution in [0.2, 0.25) is 0 Å². The Bertz CT molecular complexity index is 1010. The highest BCUT2D eigenvalue weighted by Crippen LogP contribution is 2.20. The molecule has 0 atom stereocenters. The van der Waals surface area contributed by atoms with Gasteiger partial charge in [0.05, 0.1) is 6.54 Å². The molecule has 150 valence electrons. The zero-order valence-electron chi connectivity index (χ0n) is 16.1. The Morgan fingerprint density at radius 3 is 2.69 bits per heavy atom. The molecule has 0 bridgehead atoms. The molecule has 1 aromatic carbocycles. The Labute approximate surface area is 176 Å². The number of benzene rings is 1. The summed E-state index contributed by atoms with van der Waals surface area (Å²) < 4.78 is 6.14. The van der Waals surface area contributed by atoms with Crippen molar-refractivity contribution in [2.24, 2.45) is 0 Å². The van der Waals surface area contributed by atoms with Gasteiger partial charge in [0.25, 0.3) is 0 Å². The molecule has 1 N–H and O–H groups in total. The Kier molecular flexibility index (Phi) is 6.71. The molecule has 0 saturated carbocycles. The van der Waals surface area contributed by atoms with Gasteiger partial charge in [-0.15, -0.1) is 0 Å². The van der Waals surface area contributed by atoms with Gasteiger partial charge in [-0.3, -0.25) is 14.6 Å². The van der Waals surface area contributed by atoms with Crippen LogP contribution in [0.5, 0.6) is 0 Å². The summed E-state index contributed by atoms with van der Waals surface area (Å²) >= 11 is 3.39. The summed E-state index contributed by atoms with van der Waals surface area (Å²) in [6.45, 7) is 1.86. The molecule has 8 nitrogen and oxygen atoms in total. The highest BCUT2D eigenvalue weighted by atomic mass is 79.9. The lowest BCUT2D eigenvalue weighted by atomic mass is 10.2. The smallest absolute Gasteiger partial charge is 0.243 e. The van der Waals surface area contributed by atoms with Crippen molar-refractivity contribution < 1.29 is 14.1 Å². The molecule has 0 fully saturated rings. The first-order chi connectivity index (χ1) is 13.9. The van der Waals surface area contributed by atoms with Gasteiger partial charge in [-0.05, 0) is 42.8 Å². The van der Waals surface area contributed by atoms with Gasteiger partial charge >= 0.3 is 0 Å². The van der Waals surface area contributed by atoms with E-state index in [1.165, 1.54) is 4.90 Å². The lowest BCUT2D eigenvalue weighted by molar-refractivity contribution is -0.133. The molecule has 29 heavy (non-hydrogen) atoms. The highest BCUT2D eigenvalue weighted by molar-refractivity contribution is 9.10. The minimum atomic E-state index is -0.260. The number of hydrogen-bond acceptors (Lipinski definition) is 6. The average Bonchev–Trinajstić information content (AvgIpc) is 3.18. The molecular weight excluding hydrogens is 438 g/mol. The molecule has 0 unspecified atom stereocenters. The summed E-state index contributed by atoms with van der Waals surface area (Å²) in [6, 6.07) is 9.13. The van der Waals surface area contributed by atoms with Crippen LogP contribution in [-0.4, -0.2) is 45.4 Å². The number of carbonyl (C=O) groups is 2. The number of carbonyl (C=O) groups excluding carboxylic acids is 2. The normalized spacial score (nSPS) is 10.6. The maximum Gasteiger partial charge on any atom is 0.243 e. The number of anilines is 1. The van der Waals surface area contributed by atoms with Crippen LogP contribution in [0.15, 0.2) is 51.7 Å². The van der Waals surface area contributed by atoms with Gasteiger partial charge in [-0.2, -0.15) is 4.98 Å². The van der Waals surface area contributed by atoms with E-state index in [0.29, 0.717) is 23.8 Å². The fraction of sp³-hybridized carbons (Fsp3) is 0.250. The van der Waals surface area contributed by atoms with E-state index in [1.54, 1.807) is 31.6 Å². The third-order valence-electron chi connectivity index (χ3n) is 4.23. The van der Waals surface area contributed by atoms with Crippen LogP contribution in [0.25, 0.3) is 11.4 Å². The first kappa shape index (κ1) is 20.7. The number of nitrogens with zero attached hydrogens (tertiary/aromatic N) is 4. The van der Waals surface area contributed by atoms with Crippen molar-refractivity contribution in [2.45, 2.75) is 19.8 Å². The van der Waals surface area contributed by atoms with Crippen LogP contribution in [0.3, 0.4) is 0 Å². The Hall–Kier alpha value is -3.07. The molecule has 0 aliphatic carbocycles. The third-order valence-corrected chi connectivity index (χ3v) is 4.72. The van der Waals surface area contributed by atoms with E-state index in [0.717, 1.165) is 15.6 Å². The number of rotatable bonds is 7. The molecule has 2 amide bonds. The van der Waals surface area contributed by atoms with Crippen molar-refractivity contribution in [2.75, 3.05) is 18.9 Å². The van der Waals surface area contributed by atoms with Crippen LogP contribution < -0.4 is 5.32 Å². The zero-order chi connectivity index (χ0) is 20.8. The summed E-state index contributed by atoms with van der Waals surface area (Å²) in [5, 5.41) is 6.73. The van der Waals surface area contributed by atoms with Crippen LogP contribution >= 0.6 is 15.9 Å². The maximum atomic E-state index is 12.3. The summed E-state index contributed by atoms with van der Waals surface area (Å²) in [5.41, 5.74) is 2.44. The van der Waals surface area contributed by atoms with Gasteiger partial charge in [0, 0.05) is 48.0 Å². The second-order valence-electron chi connectivity index (χ2n) is 6.50. The molecule has 0 radical (unpaired) electrons. The fourth-order valence-electron chi connectivity index (χ4n) is 2.64. The molecule has 3 rings (SSSR count). The number of aromatic nitrogens is 3. The maximum absolute atomic E-state index is 12.3. The molecular formula is C20H20BrN5O3. The Balaban J connectivity index is 1.49. The second kappa shape index (κ2) is 9.42. The van der Waals surface area contributed by atoms with Crippen molar-refractivity contribution in [1.82, 2.24) is 20.0 Å². The van der Waals surface area contributed by atoms with Gasteiger partial charge in [-0.25, -0.2) is 0 Å². The van der Waals surface area contributed by atoms with E-state index in [4.69, 9.17) is 4.52 Å². The van der Waals surface area contributed by atoms with Crippen LogP contribution in [-0.2, 0) is 16.0 Å². The summed E-state index contributed by atoms with van der Waals surface area (Å²) in [7, 11) is 1.59. The predicted molar refractivity (Wildman–Crippen MR) is 111 cm³/mol. The molecule has 2 aromatic heterocycles. The van der Waals surface area contributed by atoms with Gasteiger partial charge in [0.1, 0.15) is 0 Å². The van der Waals surface area contributed by atoms with Gasteiger partial charge in [0.15, 0.2) is 0 Å². The van der Waals surface area contributed by atoms with Gasteiger partial charge in [-0.1, -0.05) is 21.1 Å². The Morgan fingerprint density at radius 2 is 1.97 bits per heavy atom. The van der Waals surface area contributed by atoms with Crippen molar-refractivity contribution in [3.8, 4) is 11.4 Å². The standard InChI is InChI=1S/C20H20BrN5O3/c1-13-11-15(21)3-4-16(13)23-17(27)12-26(2)19(28)6-5-18-24-20(25-29-18)14-7-9-22-10-8-14/h3-4,7-11H,5-6,12H2,1-2H3,(H,23,27). The largest absolute Gasteiger partial charge is 0.339 e. The van der Waals surface area contributed by atoms with E-state index < -0.39 is 0 Å². The van der Waals surface area contributed by atoms with Gasteiger partial charge in [0.2, 0.25) is 23.5 Å². The number of pyridine rings is 1. The summed E-state index contributed by atoms with van der Waals surface area (Å²) in [5.74, 6) is 0.376. The van der Waals surface area contributed by atoms with E-state index in [1.807, 2.05) is 25.1 Å². The van der Waals surface area contributed by atoms with Crippen LogP contribution in [0.4, 0.5) is 5.69 Å². The summed E-state index contributed by atoms with van der Waals surface area (Å²) in [6.07, 6.45) is 3.75. The molecule has 2 heterocycles. The van der Waals surface area contributed by atoms with Crippen LogP contribution in [0.1, 0.15) is 17.9 Å². The molecule has 0 aliphatic rings. The SMILES string of the molecule is Cc1cc(Br)ccc1NC(=O)CN(C)C(=O)CCc1nc(-c2ccncc2)no1. The van der Waals surface area contributed by atoms with E-state index in [9.17, 15) is 9.59 Å². The van der Waals surface area contributed by atoms with E-state index in [-0.39, 0.29) is 24.8 Å². The van der Waals surface area contributed by atoms with Crippen molar-refractivity contribution >= 4 is 33.4 Å². The number of amides is 2. The second-order valence-corrected chi connectivity index (χ2v) is 7.42. The topological polar surface area (TPSA) is 101 Å². The minimum absolute atomic E-state index is 0.0412. The van der Waals surface area contributed by atoms with E-state index in [2.05, 4.69) is 36.4 Å². The first-order valence-electron chi connectivity index (χ1n) is 8.95. The number of aryl methyl sites for hydroxylation is 2. The van der Waals surface area contributed by atoms with Crippen molar-refractivity contribution in [3.63, 3.8) is 0 Å². The predicted octanol–water partition coefficient (Wildman–Crippen LogP) is 3.23. The number of hydrogen-bond donors (Lipinski definition) is 1. The molecule has 3 aromatic rings. The zero-order valence-corrected chi connectivity index (χ0v) is 17.6. The Morgan fingerprint density at radius 1 is 1.21 bits per heavy atom. The lowest BCUT2D eigenvalue weighted by Gasteiger charge is -2.17. The lowest BCUT2D eigenvalue weighted by Crippen LogP contribution is -2.35. The van der Waals surface area contributed by atoms with Crippen molar-refractivity contribution in [3.05, 3.63) is 58.7 Å². The quantitative estimate of drug-likeness (QED) is 0.584. The average molecular weight is 458 g/mol. The minimum Gasteiger partial charge on any atom is -0.339 e. The van der Waals surface area contributed by atoms with Crippen LogP contribution in [0, 0.1) is 6.92 Å². The summed E-state index contributed by atoms with van der Waals surface area (Å²) in [4.78, 5) is 34.2. The third kappa shape index (κ3) is 5.71. The first-order valence-corrected chi connectivity index (χ1v) is 9.74. The fourth-order valence-corrected chi connectivity index (χ4v) is 3.12. The van der Waals surface area contributed by atoms with E-state index >= 15 is 0 Å². The highest BCUT2D eigenvalue weighted by Gasteiger charge is 2.16. The molecule has 0 aliphatic heterocycles. The molecule has 0 saturated heterocycles. The van der Waals surface area contributed by atoms with Crippen molar-refractivity contribution in [1.29, 1.82) is 0 Å². The number of halogens is 1. The monoisotopic (exact) mass is 457 g/mol. The number of nitrogens with one attached hydrogen (secondary N) is 1. The molecule has 0 spiro atoms. The molecule has 9 heteroatoms.